The standard InChI is InChI=1S/C17H34BrNO3/c1-8-10-14(3)11-21-17(7,12-18)13-19(9-2)15(20)22-16(4,5)6/h14H,8-13H2,1-7H3. The molecule has 4 nitrogen and oxygen atoms in total. The van der Waals surface area contributed by atoms with Crippen molar-refractivity contribution >= 4 is 22.0 Å². The zero-order valence-electron chi connectivity index (χ0n) is 15.4. The van der Waals surface area contributed by atoms with Gasteiger partial charge in [-0.15, -0.1) is 0 Å². The van der Waals surface area contributed by atoms with E-state index in [1.54, 1.807) is 4.90 Å². The van der Waals surface area contributed by atoms with Crippen LogP contribution < -0.4 is 0 Å². The topological polar surface area (TPSA) is 38.8 Å². The molecule has 0 aromatic heterocycles. The van der Waals surface area contributed by atoms with Crippen molar-refractivity contribution in [2.24, 2.45) is 5.92 Å². The van der Waals surface area contributed by atoms with Gasteiger partial charge in [0.2, 0.25) is 0 Å². The Morgan fingerprint density at radius 2 is 1.82 bits per heavy atom. The fourth-order valence-corrected chi connectivity index (χ4v) is 2.42. The minimum absolute atomic E-state index is 0.285. The van der Waals surface area contributed by atoms with Crippen molar-refractivity contribution in [3.05, 3.63) is 0 Å². The summed E-state index contributed by atoms with van der Waals surface area (Å²) in [4.78, 5) is 14.0. The second-order valence-electron chi connectivity index (χ2n) is 7.28. The normalized spacial score (nSPS) is 16.0. The second kappa shape index (κ2) is 9.76. The van der Waals surface area contributed by atoms with Crippen LogP contribution in [-0.2, 0) is 9.47 Å². The zero-order chi connectivity index (χ0) is 17.4. The predicted octanol–water partition coefficient (Wildman–Crippen LogP) is 4.85. The monoisotopic (exact) mass is 379 g/mol. The molecule has 0 rings (SSSR count). The average Bonchev–Trinajstić information content (AvgIpc) is 2.41. The van der Waals surface area contributed by atoms with Gasteiger partial charge in [0.15, 0.2) is 0 Å². The Morgan fingerprint density at radius 1 is 1.23 bits per heavy atom. The summed E-state index contributed by atoms with van der Waals surface area (Å²) in [5.74, 6) is 0.528. The molecule has 2 unspecified atom stereocenters. The highest BCUT2D eigenvalue weighted by atomic mass is 79.9. The maximum atomic E-state index is 12.3. The van der Waals surface area contributed by atoms with E-state index in [0.29, 0.717) is 30.9 Å². The van der Waals surface area contributed by atoms with E-state index in [-0.39, 0.29) is 6.09 Å². The molecule has 0 aromatic carbocycles. The Morgan fingerprint density at radius 3 is 2.23 bits per heavy atom. The molecular weight excluding hydrogens is 346 g/mol. The van der Waals surface area contributed by atoms with Crippen LogP contribution in [0, 0.1) is 5.92 Å². The van der Waals surface area contributed by atoms with Gasteiger partial charge in [0.1, 0.15) is 5.60 Å². The lowest BCUT2D eigenvalue weighted by molar-refractivity contribution is -0.0535. The molecule has 0 radical (unpaired) electrons. The molecule has 0 N–H and O–H groups in total. The molecule has 0 spiro atoms. The van der Waals surface area contributed by atoms with Crippen molar-refractivity contribution in [2.45, 2.75) is 72.5 Å². The first-order chi connectivity index (χ1) is 10.1. The Hall–Kier alpha value is -0.290. The van der Waals surface area contributed by atoms with E-state index in [2.05, 4.69) is 29.8 Å². The Labute approximate surface area is 145 Å². The molecule has 1 amide bonds. The van der Waals surface area contributed by atoms with E-state index >= 15 is 0 Å². The van der Waals surface area contributed by atoms with Gasteiger partial charge in [-0.05, 0) is 47.0 Å². The lowest BCUT2D eigenvalue weighted by Crippen LogP contribution is -2.48. The number of carbonyl (C=O) groups is 1. The van der Waals surface area contributed by atoms with Gasteiger partial charge < -0.3 is 14.4 Å². The first-order valence-electron chi connectivity index (χ1n) is 8.24. The van der Waals surface area contributed by atoms with Crippen molar-refractivity contribution in [3.8, 4) is 0 Å². The van der Waals surface area contributed by atoms with Crippen LogP contribution >= 0.6 is 15.9 Å². The Kier molecular flexibility index (Phi) is 9.63. The highest BCUT2D eigenvalue weighted by Gasteiger charge is 2.31. The number of likely N-dealkylation sites (N-methyl/N-ethyl adjacent to an activating group) is 1. The number of amides is 1. The van der Waals surface area contributed by atoms with Crippen LogP contribution in [0.3, 0.4) is 0 Å². The van der Waals surface area contributed by atoms with E-state index in [9.17, 15) is 4.79 Å². The molecule has 0 heterocycles. The number of rotatable bonds is 9. The number of ether oxygens (including phenoxy) is 2. The van der Waals surface area contributed by atoms with Crippen LogP contribution in [-0.4, -0.2) is 47.2 Å². The number of hydrogen-bond acceptors (Lipinski definition) is 3. The van der Waals surface area contributed by atoms with Gasteiger partial charge in [-0.25, -0.2) is 4.79 Å². The Balaban J connectivity index is 4.67. The number of carbonyl (C=O) groups excluding carboxylic acids is 1. The third-order valence-corrected chi connectivity index (χ3v) is 4.53. The highest BCUT2D eigenvalue weighted by Crippen LogP contribution is 2.20. The summed E-state index contributed by atoms with van der Waals surface area (Å²) in [6.45, 7) is 15.8. The van der Waals surface area contributed by atoms with Crippen LogP contribution in [0.25, 0.3) is 0 Å². The van der Waals surface area contributed by atoms with Gasteiger partial charge >= 0.3 is 6.09 Å². The second-order valence-corrected chi connectivity index (χ2v) is 7.84. The minimum atomic E-state index is -0.480. The summed E-state index contributed by atoms with van der Waals surface area (Å²) in [6, 6.07) is 0. The summed E-state index contributed by atoms with van der Waals surface area (Å²) in [5, 5.41) is 0.679. The SMILES string of the molecule is CCCC(C)COC(C)(CBr)CN(CC)C(=O)OC(C)(C)C. The maximum Gasteiger partial charge on any atom is 0.410 e. The van der Waals surface area contributed by atoms with Crippen molar-refractivity contribution in [1.82, 2.24) is 4.90 Å². The summed E-state index contributed by atoms with van der Waals surface area (Å²) < 4.78 is 11.6. The fraction of sp³-hybridized carbons (Fsp3) is 0.941. The van der Waals surface area contributed by atoms with Gasteiger partial charge in [0.25, 0.3) is 0 Å². The van der Waals surface area contributed by atoms with E-state index in [0.717, 1.165) is 12.8 Å². The zero-order valence-corrected chi connectivity index (χ0v) is 17.0. The molecule has 0 aliphatic rings. The Bertz CT molecular complexity index is 330. The van der Waals surface area contributed by atoms with Crippen molar-refractivity contribution in [1.29, 1.82) is 0 Å². The highest BCUT2D eigenvalue weighted by molar-refractivity contribution is 9.09. The first-order valence-corrected chi connectivity index (χ1v) is 9.37. The quantitative estimate of drug-likeness (QED) is 0.537. The summed E-state index contributed by atoms with van der Waals surface area (Å²) in [5.41, 5.74) is -0.888. The smallest absolute Gasteiger partial charge is 0.410 e. The fourth-order valence-electron chi connectivity index (χ4n) is 2.08. The average molecular weight is 380 g/mol. The maximum absolute atomic E-state index is 12.3. The van der Waals surface area contributed by atoms with Crippen LogP contribution in [0.2, 0.25) is 0 Å². The molecular formula is C17H34BrNO3. The van der Waals surface area contributed by atoms with Gasteiger partial charge in [-0.1, -0.05) is 36.2 Å². The minimum Gasteiger partial charge on any atom is -0.444 e. The van der Waals surface area contributed by atoms with Gasteiger partial charge in [0, 0.05) is 18.5 Å². The molecule has 0 aliphatic carbocycles. The van der Waals surface area contributed by atoms with E-state index in [1.165, 1.54) is 0 Å². The van der Waals surface area contributed by atoms with Crippen molar-refractivity contribution in [2.75, 3.05) is 25.0 Å². The number of nitrogens with zero attached hydrogens (tertiary/aromatic N) is 1. The molecule has 0 aromatic rings. The molecule has 0 aliphatic heterocycles. The molecule has 22 heavy (non-hydrogen) atoms. The van der Waals surface area contributed by atoms with E-state index in [4.69, 9.17) is 9.47 Å². The molecule has 132 valence electrons. The lowest BCUT2D eigenvalue weighted by atomic mass is 10.1. The molecule has 0 bridgehead atoms. The van der Waals surface area contributed by atoms with Gasteiger partial charge in [0.05, 0.1) is 12.1 Å². The number of alkyl halides is 1. The van der Waals surface area contributed by atoms with Crippen LogP contribution in [0.15, 0.2) is 0 Å². The predicted molar refractivity (Wildman–Crippen MR) is 95.7 cm³/mol. The van der Waals surface area contributed by atoms with Crippen molar-refractivity contribution < 1.29 is 14.3 Å². The van der Waals surface area contributed by atoms with Crippen LogP contribution in [0.1, 0.15) is 61.3 Å². The first kappa shape index (κ1) is 21.7. The summed E-state index contributed by atoms with van der Waals surface area (Å²) in [6.07, 6.45) is 2.03. The van der Waals surface area contributed by atoms with E-state index < -0.39 is 11.2 Å². The number of hydrogen-bond donors (Lipinski definition) is 0. The largest absolute Gasteiger partial charge is 0.444 e. The molecule has 0 saturated carbocycles. The van der Waals surface area contributed by atoms with Gasteiger partial charge in [-0.3, -0.25) is 0 Å². The molecule has 5 heteroatoms. The van der Waals surface area contributed by atoms with Crippen molar-refractivity contribution in [3.63, 3.8) is 0 Å². The lowest BCUT2D eigenvalue weighted by Gasteiger charge is -2.35. The molecule has 0 saturated heterocycles. The molecule has 0 fully saturated rings. The van der Waals surface area contributed by atoms with Crippen LogP contribution in [0.5, 0.6) is 0 Å². The molecule has 2 atom stereocenters. The third kappa shape index (κ3) is 8.99. The van der Waals surface area contributed by atoms with E-state index in [1.807, 2.05) is 34.6 Å². The number of halogens is 1. The third-order valence-electron chi connectivity index (χ3n) is 3.34. The summed E-state index contributed by atoms with van der Waals surface area (Å²) >= 11 is 3.53. The van der Waals surface area contributed by atoms with Gasteiger partial charge in [-0.2, -0.15) is 0 Å². The van der Waals surface area contributed by atoms with Crippen LogP contribution in [0.4, 0.5) is 4.79 Å². The summed E-state index contributed by atoms with van der Waals surface area (Å²) in [7, 11) is 0.